The first-order chi connectivity index (χ1) is 11.6. The van der Waals surface area contributed by atoms with Gasteiger partial charge in [-0.15, -0.1) is 0 Å². The first-order valence-corrected chi connectivity index (χ1v) is 7.40. The highest BCUT2D eigenvalue weighted by atomic mass is 19.1. The molecule has 0 saturated carbocycles. The zero-order valence-corrected chi connectivity index (χ0v) is 13.6. The molecule has 0 atom stereocenters. The maximum absolute atomic E-state index is 13.0. The molecule has 1 N–H and O–H groups in total. The molecule has 126 valence electrons. The second-order valence-electron chi connectivity index (χ2n) is 5.15. The second-order valence-corrected chi connectivity index (χ2v) is 5.15. The molecule has 0 unspecified atom stereocenters. The van der Waals surface area contributed by atoms with Crippen LogP contribution in [0.4, 0.5) is 4.39 Å². The summed E-state index contributed by atoms with van der Waals surface area (Å²) in [5, 5.41) is 4.02. The van der Waals surface area contributed by atoms with E-state index < -0.39 is 11.7 Å². The number of hydrogen-bond acceptors (Lipinski definition) is 4. The summed E-state index contributed by atoms with van der Waals surface area (Å²) in [7, 11) is 1.61. The van der Waals surface area contributed by atoms with E-state index in [0.29, 0.717) is 12.2 Å². The monoisotopic (exact) mass is 330 g/mol. The van der Waals surface area contributed by atoms with Crippen molar-refractivity contribution in [2.45, 2.75) is 13.3 Å². The normalized spacial score (nSPS) is 11.0. The Labute approximate surface area is 140 Å². The topological polar surface area (TPSA) is 59.9 Å². The Kier molecular flexibility index (Phi) is 6.31. The molecule has 2 aromatic rings. The van der Waals surface area contributed by atoms with Crippen molar-refractivity contribution in [1.82, 2.24) is 5.43 Å². The lowest BCUT2D eigenvalue weighted by Crippen LogP contribution is -2.25. The highest BCUT2D eigenvalue weighted by molar-refractivity contribution is 5.86. The Balaban J connectivity index is 1.79. The van der Waals surface area contributed by atoms with Gasteiger partial charge in [0.05, 0.1) is 7.11 Å². The molecule has 24 heavy (non-hydrogen) atoms. The van der Waals surface area contributed by atoms with Gasteiger partial charge in [0.1, 0.15) is 17.3 Å². The van der Waals surface area contributed by atoms with E-state index >= 15 is 0 Å². The zero-order valence-electron chi connectivity index (χ0n) is 13.6. The molecule has 2 rings (SSSR count). The van der Waals surface area contributed by atoms with E-state index in [1.54, 1.807) is 13.2 Å². The van der Waals surface area contributed by atoms with Crippen molar-refractivity contribution in [3.8, 4) is 11.5 Å². The minimum Gasteiger partial charge on any atom is -0.497 e. The predicted molar refractivity (Wildman–Crippen MR) is 89.8 cm³/mol. The predicted octanol–water partition coefficient (Wildman–Crippen LogP) is 2.95. The number of nitrogens with zero attached hydrogens (tertiary/aromatic N) is 1. The van der Waals surface area contributed by atoms with Crippen LogP contribution in [0.1, 0.15) is 12.5 Å². The molecule has 0 aromatic heterocycles. The lowest BCUT2D eigenvalue weighted by molar-refractivity contribution is -0.123. The number of benzene rings is 2. The summed E-state index contributed by atoms with van der Waals surface area (Å²) < 4.78 is 23.3. The Morgan fingerprint density at radius 2 is 1.92 bits per heavy atom. The third kappa shape index (κ3) is 5.72. The van der Waals surface area contributed by atoms with Crippen molar-refractivity contribution in [3.63, 3.8) is 0 Å². The Hall–Kier alpha value is -2.89. The summed E-state index contributed by atoms with van der Waals surface area (Å²) in [6, 6.07) is 13.2. The average molecular weight is 330 g/mol. The van der Waals surface area contributed by atoms with Crippen LogP contribution in [0, 0.1) is 5.82 Å². The summed E-state index contributed by atoms with van der Waals surface area (Å²) in [5.41, 5.74) is 4.22. The Morgan fingerprint density at radius 3 is 2.58 bits per heavy atom. The summed E-state index contributed by atoms with van der Waals surface area (Å²) in [4.78, 5) is 11.7. The summed E-state index contributed by atoms with van der Waals surface area (Å²) in [5.74, 6) is 0.259. The molecule has 0 aliphatic rings. The molecule has 5 nitrogen and oxygen atoms in total. The van der Waals surface area contributed by atoms with Gasteiger partial charge < -0.3 is 9.47 Å². The van der Waals surface area contributed by atoms with E-state index in [1.165, 1.54) is 18.2 Å². The van der Waals surface area contributed by atoms with Crippen LogP contribution in [-0.2, 0) is 11.2 Å². The SMILES string of the molecule is COc1ccc(C/C(C)=N\NC(=O)COc2cccc(F)c2)cc1. The third-order valence-corrected chi connectivity index (χ3v) is 3.16. The van der Waals surface area contributed by atoms with Crippen LogP contribution in [0.25, 0.3) is 0 Å². The summed E-state index contributed by atoms with van der Waals surface area (Å²) in [6.07, 6.45) is 0.606. The zero-order chi connectivity index (χ0) is 17.4. The van der Waals surface area contributed by atoms with Gasteiger partial charge in [-0.05, 0) is 36.8 Å². The molecular weight excluding hydrogens is 311 g/mol. The molecule has 0 fully saturated rings. The van der Waals surface area contributed by atoms with E-state index in [0.717, 1.165) is 17.0 Å². The lowest BCUT2D eigenvalue weighted by Gasteiger charge is -2.06. The maximum atomic E-state index is 13.0. The average Bonchev–Trinajstić information content (AvgIpc) is 2.59. The number of hydrazone groups is 1. The smallest absolute Gasteiger partial charge is 0.277 e. The van der Waals surface area contributed by atoms with Gasteiger partial charge in [0, 0.05) is 18.2 Å². The van der Waals surface area contributed by atoms with Gasteiger partial charge in [-0.25, -0.2) is 9.82 Å². The number of carbonyl (C=O) groups excluding carboxylic acids is 1. The molecule has 0 aliphatic heterocycles. The number of carbonyl (C=O) groups is 1. The Morgan fingerprint density at radius 1 is 1.17 bits per heavy atom. The molecule has 2 aromatic carbocycles. The fraction of sp³-hybridized carbons (Fsp3) is 0.222. The van der Waals surface area contributed by atoms with E-state index in [4.69, 9.17) is 9.47 Å². The highest BCUT2D eigenvalue weighted by Crippen LogP contribution is 2.12. The molecule has 6 heteroatoms. The van der Waals surface area contributed by atoms with Gasteiger partial charge >= 0.3 is 0 Å². The number of ether oxygens (including phenoxy) is 2. The van der Waals surface area contributed by atoms with Gasteiger partial charge in [0.2, 0.25) is 0 Å². The van der Waals surface area contributed by atoms with Crippen LogP contribution < -0.4 is 14.9 Å². The van der Waals surface area contributed by atoms with Crippen LogP contribution in [-0.4, -0.2) is 25.3 Å². The third-order valence-electron chi connectivity index (χ3n) is 3.16. The minimum absolute atomic E-state index is 0.233. The molecule has 0 aliphatic carbocycles. The number of nitrogens with one attached hydrogen (secondary N) is 1. The van der Waals surface area contributed by atoms with E-state index in [1.807, 2.05) is 31.2 Å². The molecule has 0 saturated heterocycles. The first kappa shape index (κ1) is 17.5. The lowest BCUT2D eigenvalue weighted by atomic mass is 10.1. The van der Waals surface area contributed by atoms with Gasteiger partial charge in [0.15, 0.2) is 6.61 Å². The second kappa shape index (κ2) is 8.67. The molecule has 0 heterocycles. The van der Waals surface area contributed by atoms with Crippen molar-refractivity contribution >= 4 is 11.6 Å². The van der Waals surface area contributed by atoms with Crippen LogP contribution in [0.2, 0.25) is 0 Å². The Bertz CT molecular complexity index is 714. The minimum atomic E-state index is -0.415. The van der Waals surface area contributed by atoms with Gasteiger partial charge in [-0.2, -0.15) is 5.10 Å². The van der Waals surface area contributed by atoms with Gasteiger partial charge in [-0.1, -0.05) is 18.2 Å². The van der Waals surface area contributed by atoms with Crippen LogP contribution >= 0.6 is 0 Å². The summed E-state index contributed by atoms with van der Waals surface area (Å²) >= 11 is 0. The van der Waals surface area contributed by atoms with Crippen molar-refractivity contribution in [1.29, 1.82) is 0 Å². The summed E-state index contributed by atoms with van der Waals surface area (Å²) in [6.45, 7) is 1.58. The molecular formula is C18H19FN2O3. The number of amides is 1. The van der Waals surface area contributed by atoms with E-state index in [-0.39, 0.29) is 6.61 Å². The van der Waals surface area contributed by atoms with Crippen molar-refractivity contribution in [2.75, 3.05) is 13.7 Å². The fourth-order valence-electron chi connectivity index (χ4n) is 1.97. The highest BCUT2D eigenvalue weighted by Gasteiger charge is 2.03. The van der Waals surface area contributed by atoms with Gasteiger partial charge in [-0.3, -0.25) is 4.79 Å². The van der Waals surface area contributed by atoms with Crippen molar-refractivity contribution < 1.29 is 18.7 Å². The first-order valence-electron chi connectivity index (χ1n) is 7.40. The number of rotatable bonds is 7. The van der Waals surface area contributed by atoms with Crippen LogP contribution in [0.3, 0.4) is 0 Å². The van der Waals surface area contributed by atoms with E-state index in [9.17, 15) is 9.18 Å². The molecule has 0 bridgehead atoms. The fourth-order valence-corrected chi connectivity index (χ4v) is 1.97. The molecule has 0 spiro atoms. The molecule has 1 amide bonds. The molecule has 0 radical (unpaired) electrons. The maximum Gasteiger partial charge on any atom is 0.277 e. The van der Waals surface area contributed by atoms with Crippen molar-refractivity contribution in [3.05, 3.63) is 59.9 Å². The standard InChI is InChI=1S/C18H19FN2O3/c1-13(10-14-6-8-16(23-2)9-7-14)20-21-18(22)12-24-17-5-3-4-15(19)11-17/h3-9,11H,10,12H2,1-2H3,(H,21,22)/b20-13-. The van der Waals surface area contributed by atoms with E-state index in [2.05, 4.69) is 10.5 Å². The largest absolute Gasteiger partial charge is 0.497 e. The van der Waals surface area contributed by atoms with Crippen LogP contribution in [0.5, 0.6) is 11.5 Å². The number of halogens is 1. The quantitative estimate of drug-likeness (QED) is 0.627. The van der Waals surface area contributed by atoms with Crippen LogP contribution in [0.15, 0.2) is 53.6 Å². The number of hydrogen-bond donors (Lipinski definition) is 1. The van der Waals surface area contributed by atoms with Crippen molar-refractivity contribution in [2.24, 2.45) is 5.10 Å². The van der Waals surface area contributed by atoms with Gasteiger partial charge in [0.25, 0.3) is 5.91 Å². The number of methoxy groups -OCH3 is 1.